The van der Waals surface area contributed by atoms with Crippen molar-refractivity contribution in [1.82, 2.24) is 10.6 Å². The maximum Gasteiger partial charge on any atom is 0.120 e. The van der Waals surface area contributed by atoms with Crippen molar-refractivity contribution in [3.05, 3.63) is 56.5 Å². The minimum absolute atomic E-state index is 0.320. The number of rotatable bonds is 6. The van der Waals surface area contributed by atoms with Gasteiger partial charge in [-0.1, -0.05) is 44.7 Å². The summed E-state index contributed by atoms with van der Waals surface area (Å²) in [5.41, 5.74) is 1.79. The van der Waals surface area contributed by atoms with Crippen molar-refractivity contribution in [1.29, 1.82) is 0 Å². The average Bonchev–Trinajstić information content (AvgIpc) is 2.64. The Kier molecular flexibility index (Phi) is 6.98. The molecule has 0 aromatic heterocycles. The van der Waals surface area contributed by atoms with Crippen molar-refractivity contribution < 1.29 is 10.2 Å². The zero-order valence-corrected chi connectivity index (χ0v) is 17.7. The maximum absolute atomic E-state index is 10.0. The van der Waals surface area contributed by atoms with Crippen LogP contribution in [0.2, 0.25) is 0 Å². The molecule has 1 aliphatic carbocycles. The van der Waals surface area contributed by atoms with E-state index in [1.165, 1.54) is 12.8 Å². The molecule has 1 saturated carbocycles. The summed E-state index contributed by atoms with van der Waals surface area (Å²) in [5, 5.41) is 27.3. The first kappa shape index (κ1) is 19.7. The molecule has 0 amide bonds. The van der Waals surface area contributed by atoms with E-state index in [1.807, 2.05) is 24.3 Å². The molecule has 2 atom stereocenters. The molecular weight excluding hydrogens is 460 g/mol. The van der Waals surface area contributed by atoms with Gasteiger partial charge >= 0.3 is 0 Å². The number of nitrogens with one attached hydrogen (secondary N) is 2. The van der Waals surface area contributed by atoms with Crippen molar-refractivity contribution in [3.63, 3.8) is 0 Å². The van der Waals surface area contributed by atoms with Gasteiger partial charge in [0.1, 0.15) is 11.5 Å². The topological polar surface area (TPSA) is 64.5 Å². The highest BCUT2D eigenvalue weighted by molar-refractivity contribution is 9.10. The van der Waals surface area contributed by atoms with Gasteiger partial charge in [0.15, 0.2) is 0 Å². The molecular formula is C20H24Br2N2O2. The molecule has 2 aromatic rings. The molecule has 0 spiro atoms. The van der Waals surface area contributed by atoms with E-state index in [-0.39, 0.29) is 0 Å². The second-order valence-corrected chi connectivity index (χ2v) is 8.64. The van der Waals surface area contributed by atoms with Gasteiger partial charge in [-0.3, -0.25) is 0 Å². The highest BCUT2D eigenvalue weighted by atomic mass is 79.9. The van der Waals surface area contributed by atoms with Crippen LogP contribution in [0.25, 0.3) is 0 Å². The molecule has 6 heteroatoms. The van der Waals surface area contributed by atoms with Gasteiger partial charge in [-0.25, -0.2) is 0 Å². The van der Waals surface area contributed by atoms with Gasteiger partial charge in [0.2, 0.25) is 0 Å². The predicted molar refractivity (Wildman–Crippen MR) is 111 cm³/mol. The lowest BCUT2D eigenvalue weighted by Gasteiger charge is -2.33. The number of aromatic hydroxyl groups is 2. The van der Waals surface area contributed by atoms with E-state index in [4.69, 9.17) is 0 Å². The lowest BCUT2D eigenvalue weighted by atomic mass is 9.90. The number of hydrogen-bond donors (Lipinski definition) is 4. The minimum atomic E-state index is 0.320. The van der Waals surface area contributed by atoms with Crippen molar-refractivity contribution >= 4 is 31.9 Å². The molecule has 0 heterocycles. The van der Waals surface area contributed by atoms with Crippen LogP contribution in [0.1, 0.15) is 36.8 Å². The Balaban J connectivity index is 1.60. The Morgan fingerprint density at radius 3 is 1.62 bits per heavy atom. The monoisotopic (exact) mass is 482 g/mol. The Bertz CT molecular complexity index is 691. The van der Waals surface area contributed by atoms with E-state index >= 15 is 0 Å². The summed E-state index contributed by atoms with van der Waals surface area (Å²) >= 11 is 6.92. The molecule has 0 saturated heterocycles. The molecule has 1 aliphatic rings. The molecule has 3 rings (SSSR count). The molecule has 0 unspecified atom stereocenters. The summed E-state index contributed by atoms with van der Waals surface area (Å²) in [4.78, 5) is 0. The second kappa shape index (κ2) is 9.22. The Morgan fingerprint density at radius 2 is 1.19 bits per heavy atom. The van der Waals surface area contributed by atoms with Crippen molar-refractivity contribution in [2.24, 2.45) is 0 Å². The van der Waals surface area contributed by atoms with E-state index in [1.54, 1.807) is 12.1 Å². The zero-order chi connectivity index (χ0) is 18.5. The first-order chi connectivity index (χ1) is 12.5. The fourth-order valence-electron chi connectivity index (χ4n) is 3.49. The van der Waals surface area contributed by atoms with Crippen LogP contribution in [0, 0.1) is 0 Å². The first-order valence-corrected chi connectivity index (χ1v) is 10.5. The van der Waals surface area contributed by atoms with E-state index < -0.39 is 0 Å². The van der Waals surface area contributed by atoms with Crippen LogP contribution in [-0.4, -0.2) is 22.3 Å². The van der Waals surface area contributed by atoms with Gasteiger partial charge in [0.25, 0.3) is 0 Å². The molecule has 1 fully saturated rings. The highest BCUT2D eigenvalue weighted by Crippen LogP contribution is 2.25. The maximum atomic E-state index is 10.0. The predicted octanol–water partition coefficient (Wildman–Crippen LogP) is 4.81. The van der Waals surface area contributed by atoms with Gasteiger partial charge in [-0.05, 0) is 49.2 Å². The Labute approximate surface area is 171 Å². The third kappa shape index (κ3) is 5.22. The molecule has 0 radical (unpaired) electrons. The molecule has 4 nitrogen and oxygen atoms in total. The van der Waals surface area contributed by atoms with Gasteiger partial charge < -0.3 is 20.8 Å². The van der Waals surface area contributed by atoms with Crippen molar-refractivity contribution in [2.45, 2.75) is 50.9 Å². The smallest absolute Gasteiger partial charge is 0.120 e. The van der Waals surface area contributed by atoms with E-state index in [0.717, 1.165) is 32.9 Å². The summed E-state index contributed by atoms with van der Waals surface area (Å²) in [6.45, 7) is 1.27. The van der Waals surface area contributed by atoms with Crippen LogP contribution in [0.4, 0.5) is 0 Å². The largest absolute Gasteiger partial charge is 0.508 e. The summed E-state index contributed by atoms with van der Waals surface area (Å²) in [7, 11) is 0. The van der Waals surface area contributed by atoms with Crippen LogP contribution >= 0.6 is 31.9 Å². The number of phenolic OH excluding ortho intramolecular Hbond substituents is 2. The zero-order valence-electron chi connectivity index (χ0n) is 14.5. The van der Waals surface area contributed by atoms with Crippen LogP contribution in [0.5, 0.6) is 11.5 Å². The SMILES string of the molecule is Oc1ccc(Br)cc1CN[C@@H]1CCCC[C@H]1NCc1cc(Br)ccc1O. The van der Waals surface area contributed by atoms with Crippen LogP contribution in [-0.2, 0) is 13.1 Å². The Hall–Kier alpha value is -1.08. The standard InChI is InChI=1S/C20H24Br2N2O2/c21-15-5-7-19(25)13(9-15)11-23-17-3-1-2-4-18(17)24-12-14-10-16(22)6-8-20(14)26/h5-10,17-18,23-26H,1-4,11-12H2/t17-,18-/m1/s1. The van der Waals surface area contributed by atoms with Crippen LogP contribution in [0.3, 0.4) is 0 Å². The van der Waals surface area contributed by atoms with Gasteiger partial charge in [-0.2, -0.15) is 0 Å². The van der Waals surface area contributed by atoms with Crippen LogP contribution in [0.15, 0.2) is 45.3 Å². The highest BCUT2D eigenvalue weighted by Gasteiger charge is 2.24. The summed E-state index contributed by atoms with van der Waals surface area (Å²) in [6, 6.07) is 11.7. The van der Waals surface area contributed by atoms with Gasteiger partial charge in [0, 0.05) is 45.2 Å². The summed E-state index contributed by atoms with van der Waals surface area (Å²) in [5.74, 6) is 0.639. The van der Waals surface area contributed by atoms with E-state index in [2.05, 4.69) is 42.5 Å². The second-order valence-electron chi connectivity index (χ2n) is 6.81. The molecule has 26 heavy (non-hydrogen) atoms. The van der Waals surface area contributed by atoms with Crippen LogP contribution < -0.4 is 10.6 Å². The fourth-order valence-corrected chi connectivity index (χ4v) is 4.31. The van der Waals surface area contributed by atoms with E-state index in [0.29, 0.717) is 36.7 Å². The normalized spacial score (nSPS) is 20.2. The summed E-state index contributed by atoms with van der Waals surface area (Å²) < 4.78 is 1.94. The third-order valence-electron chi connectivity index (χ3n) is 4.96. The number of hydrogen-bond acceptors (Lipinski definition) is 4. The minimum Gasteiger partial charge on any atom is -0.508 e. The van der Waals surface area contributed by atoms with Crippen molar-refractivity contribution in [2.75, 3.05) is 0 Å². The molecule has 140 valence electrons. The lowest BCUT2D eigenvalue weighted by molar-refractivity contribution is 0.279. The molecule has 0 aliphatic heterocycles. The molecule has 2 aromatic carbocycles. The van der Waals surface area contributed by atoms with Gasteiger partial charge in [0.05, 0.1) is 0 Å². The summed E-state index contributed by atoms with van der Waals surface area (Å²) in [6.07, 6.45) is 4.64. The lowest BCUT2D eigenvalue weighted by Crippen LogP contribution is -2.49. The van der Waals surface area contributed by atoms with E-state index in [9.17, 15) is 10.2 Å². The van der Waals surface area contributed by atoms with Crippen molar-refractivity contribution in [3.8, 4) is 11.5 Å². The Morgan fingerprint density at radius 1 is 0.769 bits per heavy atom. The van der Waals surface area contributed by atoms with Gasteiger partial charge in [-0.15, -0.1) is 0 Å². The average molecular weight is 484 g/mol. The third-order valence-corrected chi connectivity index (χ3v) is 5.94. The number of phenols is 2. The number of halogens is 2. The quantitative estimate of drug-likeness (QED) is 0.476. The molecule has 4 N–H and O–H groups in total. The number of benzene rings is 2. The fraction of sp³-hybridized carbons (Fsp3) is 0.400. The molecule has 0 bridgehead atoms. The first-order valence-electron chi connectivity index (χ1n) is 8.94.